The molecule has 0 aliphatic rings. The van der Waals surface area contributed by atoms with Gasteiger partial charge in [-0.15, -0.1) is 10.2 Å². The van der Waals surface area contributed by atoms with E-state index in [4.69, 9.17) is 11.6 Å². The summed E-state index contributed by atoms with van der Waals surface area (Å²) < 4.78 is 2.00. The molecule has 90 valence electrons. The van der Waals surface area contributed by atoms with Crippen molar-refractivity contribution in [2.75, 3.05) is 0 Å². The molecule has 1 heterocycles. The minimum atomic E-state index is 0.490. The van der Waals surface area contributed by atoms with Gasteiger partial charge in [0.15, 0.2) is 0 Å². The van der Waals surface area contributed by atoms with Crippen molar-refractivity contribution in [3.63, 3.8) is 0 Å². The average molecular weight is 250 g/mol. The van der Waals surface area contributed by atoms with Gasteiger partial charge in [0.1, 0.15) is 5.82 Å². The number of benzene rings is 1. The van der Waals surface area contributed by atoms with Gasteiger partial charge in [0, 0.05) is 13.0 Å². The van der Waals surface area contributed by atoms with Crippen LogP contribution in [0.1, 0.15) is 24.7 Å². The molecule has 0 aliphatic carbocycles. The summed E-state index contributed by atoms with van der Waals surface area (Å²) in [6.45, 7) is 2.97. The number of nitrogens with zero attached hydrogens (tertiary/aromatic N) is 3. The van der Waals surface area contributed by atoms with Crippen molar-refractivity contribution in [1.29, 1.82) is 0 Å². The Hall–Kier alpha value is -1.35. The van der Waals surface area contributed by atoms with Crippen molar-refractivity contribution in [1.82, 2.24) is 14.8 Å². The monoisotopic (exact) mass is 249 g/mol. The molecule has 0 aliphatic heterocycles. The summed E-state index contributed by atoms with van der Waals surface area (Å²) in [5.41, 5.74) is 1.31. The Morgan fingerprint density at radius 3 is 2.59 bits per heavy atom. The number of hydrogen-bond donors (Lipinski definition) is 0. The molecule has 0 saturated carbocycles. The first kappa shape index (κ1) is 12.1. The van der Waals surface area contributed by atoms with E-state index in [2.05, 4.69) is 41.4 Å². The first-order chi connectivity index (χ1) is 8.31. The van der Waals surface area contributed by atoms with Gasteiger partial charge in [0.25, 0.3) is 0 Å². The molecule has 0 atom stereocenters. The SMILES string of the molecule is CCCc1nnc(Cl)n1CCc1ccccc1. The summed E-state index contributed by atoms with van der Waals surface area (Å²) in [7, 11) is 0. The van der Waals surface area contributed by atoms with E-state index < -0.39 is 0 Å². The van der Waals surface area contributed by atoms with E-state index in [1.54, 1.807) is 0 Å². The Kier molecular flexibility index (Phi) is 4.15. The molecule has 0 saturated heterocycles. The second-order valence-corrected chi connectivity index (χ2v) is 4.36. The Morgan fingerprint density at radius 2 is 1.88 bits per heavy atom. The number of halogens is 1. The van der Waals surface area contributed by atoms with Crippen molar-refractivity contribution in [3.05, 3.63) is 47.0 Å². The Bertz CT molecular complexity index is 465. The second-order valence-electron chi connectivity index (χ2n) is 4.02. The van der Waals surface area contributed by atoms with Gasteiger partial charge in [-0.25, -0.2) is 0 Å². The van der Waals surface area contributed by atoms with Crippen LogP contribution in [0.4, 0.5) is 0 Å². The topological polar surface area (TPSA) is 30.7 Å². The summed E-state index contributed by atoms with van der Waals surface area (Å²) in [5, 5.41) is 8.51. The molecule has 1 aromatic heterocycles. The second kappa shape index (κ2) is 5.82. The highest BCUT2D eigenvalue weighted by atomic mass is 35.5. The summed E-state index contributed by atoms with van der Waals surface area (Å²) in [5.74, 6) is 0.980. The largest absolute Gasteiger partial charge is 0.301 e. The summed E-state index contributed by atoms with van der Waals surface area (Å²) >= 11 is 6.04. The van der Waals surface area contributed by atoms with Crippen LogP contribution in [0.2, 0.25) is 5.28 Å². The third kappa shape index (κ3) is 3.07. The minimum Gasteiger partial charge on any atom is -0.301 e. The first-order valence-electron chi connectivity index (χ1n) is 5.92. The van der Waals surface area contributed by atoms with E-state index >= 15 is 0 Å². The molecule has 2 rings (SSSR count). The van der Waals surface area contributed by atoms with Crippen LogP contribution in [-0.2, 0) is 19.4 Å². The molecule has 17 heavy (non-hydrogen) atoms. The lowest BCUT2D eigenvalue weighted by Crippen LogP contribution is -2.06. The molecule has 4 heteroatoms. The molecule has 0 fully saturated rings. The maximum Gasteiger partial charge on any atom is 0.225 e. The zero-order valence-electron chi connectivity index (χ0n) is 9.93. The van der Waals surface area contributed by atoms with Crippen LogP contribution in [0.15, 0.2) is 30.3 Å². The van der Waals surface area contributed by atoms with E-state index in [0.29, 0.717) is 5.28 Å². The van der Waals surface area contributed by atoms with Crippen molar-refractivity contribution < 1.29 is 0 Å². The third-order valence-electron chi connectivity index (χ3n) is 2.72. The van der Waals surface area contributed by atoms with E-state index in [1.165, 1.54) is 5.56 Å². The van der Waals surface area contributed by atoms with Crippen LogP contribution in [0.5, 0.6) is 0 Å². The van der Waals surface area contributed by atoms with Crippen LogP contribution < -0.4 is 0 Å². The van der Waals surface area contributed by atoms with Crippen LogP contribution in [0.25, 0.3) is 0 Å². The molecule has 0 unspecified atom stereocenters. The smallest absolute Gasteiger partial charge is 0.225 e. The lowest BCUT2D eigenvalue weighted by molar-refractivity contribution is 0.643. The molecule has 0 N–H and O–H groups in total. The molecule has 0 spiro atoms. The van der Waals surface area contributed by atoms with Gasteiger partial charge in [-0.05, 0) is 30.0 Å². The van der Waals surface area contributed by atoms with E-state index in [1.807, 2.05) is 10.6 Å². The maximum absolute atomic E-state index is 6.04. The van der Waals surface area contributed by atoms with Crippen LogP contribution in [0, 0.1) is 0 Å². The zero-order chi connectivity index (χ0) is 12.1. The number of aryl methyl sites for hydroxylation is 2. The van der Waals surface area contributed by atoms with Gasteiger partial charge in [-0.2, -0.15) is 0 Å². The molecule has 0 amide bonds. The standard InChI is InChI=1S/C13H16ClN3/c1-2-6-12-15-16-13(14)17(12)10-9-11-7-4-3-5-8-11/h3-5,7-8H,2,6,9-10H2,1H3. The van der Waals surface area contributed by atoms with Gasteiger partial charge in [-0.1, -0.05) is 37.3 Å². The highest BCUT2D eigenvalue weighted by Crippen LogP contribution is 2.11. The molecule has 0 radical (unpaired) electrons. The van der Waals surface area contributed by atoms with Crippen molar-refractivity contribution in [2.45, 2.75) is 32.7 Å². The molecular weight excluding hydrogens is 234 g/mol. The fourth-order valence-corrected chi connectivity index (χ4v) is 2.05. The highest BCUT2D eigenvalue weighted by molar-refractivity contribution is 6.28. The van der Waals surface area contributed by atoms with Gasteiger partial charge in [-0.3, -0.25) is 0 Å². The number of aromatic nitrogens is 3. The Balaban J connectivity index is 2.06. The molecule has 1 aromatic carbocycles. The lowest BCUT2D eigenvalue weighted by Gasteiger charge is -2.07. The predicted octanol–water partition coefficient (Wildman–Crippen LogP) is 3.13. The molecule has 3 nitrogen and oxygen atoms in total. The first-order valence-corrected chi connectivity index (χ1v) is 6.30. The summed E-state index contributed by atoms with van der Waals surface area (Å²) in [6, 6.07) is 10.4. The number of rotatable bonds is 5. The van der Waals surface area contributed by atoms with Crippen LogP contribution in [0.3, 0.4) is 0 Å². The Morgan fingerprint density at radius 1 is 1.12 bits per heavy atom. The van der Waals surface area contributed by atoms with Gasteiger partial charge in [0.05, 0.1) is 0 Å². The van der Waals surface area contributed by atoms with Crippen LogP contribution in [-0.4, -0.2) is 14.8 Å². The van der Waals surface area contributed by atoms with Crippen molar-refractivity contribution in [2.24, 2.45) is 0 Å². The molecular formula is C13H16ClN3. The van der Waals surface area contributed by atoms with Crippen molar-refractivity contribution in [3.8, 4) is 0 Å². The van der Waals surface area contributed by atoms with E-state index in [-0.39, 0.29) is 0 Å². The fourth-order valence-electron chi connectivity index (χ4n) is 1.83. The van der Waals surface area contributed by atoms with Gasteiger partial charge >= 0.3 is 0 Å². The zero-order valence-corrected chi connectivity index (χ0v) is 10.7. The lowest BCUT2D eigenvalue weighted by atomic mass is 10.1. The van der Waals surface area contributed by atoms with E-state index in [0.717, 1.165) is 31.6 Å². The van der Waals surface area contributed by atoms with E-state index in [9.17, 15) is 0 Å². The highest BCUT2D eigenvalue weighted by Gasteiger charge is 2.08. The molecule has 2 aromatic rings. The van der Waals surface area contributed by atoms with Gasteiger partial charge < -0.3 is 4.57 Å². The van der Waals surface area contributed by atoms with Crippen LogP contribution >= 0.6 is 11.6 Å². The molecule has 0 bridgehead atoms. The maximum atomic E-state index is 6.04. The predicted molar refractivity (Wildman–Crippen MR) is 69.2 cm³/mol. The van der Waals surface area contributed by atoms with Crippen molar-refractivity contribution >= 4 is 11.6 Å². The summed E-state index contributed by atoms with van der Waals surface area (Å²) in [4.78, 5) is 0. The normalized spacial score (nSPS) is 10.7. The number of hydrogen-bond acceptors (Lipinski definition) is 2. The summed E-state index contributed by atoms with van der Waals surface area (Å²) in [6.07, 6.45) is 2.93. The fraction of sp³-hybridized carbons (Fsp3) is 0.385. The minimum absolute atomic E-state index is 0.490. The third-order valence-corrected chi connectivity index (χ3v) is 3.00. The average Bonchev–Trinajstić information content (AvgIpc) is 2.70. The van der Waals surface area contributed by atoms with Gasteiger partial charge in [0.2, 0.25) is 5.28 Å². The Labute approximate surface area is 106 Å². The quantitative estimate of drug-likeness (QED) is 0.815.